The van der Waals surface area contributed by atoms with Crippen LogP contribution in [0, 0.1) is 0 Å². The molecular formula is C19H21Cl2NO4. The Labute approximate surface area is 163 Å². The van der Waals surface area contributed by atoms with Gasteiger partial charge >= 0.3 is 6.09 Å². The molecule has 26 heavy (non-hydrogen) atoms. The van der Waals surface area contributed by atoms with E-state index in [2.05, 4.69) is 5.32 Å². The first kappa shape index (κ1) is 20.2. The molecule has 5 nitrogen and oxygen atoms in total. The van der Waals surface area contributed by atoms with Crippen molar-refractivity contribution < 1.29 is 19.0 Å². The SMILES string of the molecule is CC(C)(C)OC(=O)NCCOc1ccc(Oc2cccc(Cl)c2)cc1Cl. The third-order valence-electron chi connectivity index (χ3n) is 2.96. The average molecular weight is 398 g/mol. The van der Waals surface area contributed by atoms with E-state index in [-0.39, 0.29) is 6.61 Å². The summed E-state index contributed by atoms with van der Waals surface area (Å²) in [6.45, 7) is 5.96. The molecule has 2 aromatic carbocycles. The lowest BCUT2D eigenvalue weighted by Crippen LogP contribution is -2.34. The molecule has 0 aliphatic rings. The van der Waals surface area contributed by atoms with Gasteiger partial charge in [0.15, 0.2) is 0 Å². The minimum atomic E-state index is -0.535. The lowest BCUT2D eigenvalue weighted by atomic mass is 10.2. The number of ether oxygens (including phenoxy) is 3. The maximum atomic E-state index is 11.5. The highest BCUT2D eigenvalue weighted by Gasteiger charge is 2.15. The number of amides is 1. The molecule has 7 heteroatoms. The lowest BCUT2D eigenvalue weighted by Gasteiger charge is -2.19. The topological polar surface area (TPSA) is 56.8 Å². The fraction of sp³-hybridized carbons (Fsp3) is 0.316. The predicted molar refractivity (Wildman–Crippen MR) is 103 cm³/mol. The van der Waals surface area contributed by atoms with Crippen molar-refractivity contribution in [2.24, 2.45) is 0 Å². The minimum absolute atomic E-state index is 0.257. The van der Waals surface area contributed by atoms with Gasteiger partial charge < -0.3 is 19.5 Å². The smallest absolute Gasteiger partial charge is 0.407 e. The second-order valence-corrected chi connectivity index (χ2v) is 7.27. The van der Waals surface area contributed by atoms with E-state index in [1.54, 1.807) is 63.2 Å². The number of rotatable bonds is 6. The molecule has 1 amide bonds. The maximum Gasteiger partial charge on any atom is 0.407 e. The van der Waals surface area contributed by atoms with Crippen molar-refractivity contribution in [3.8, 4) is 17.2 Å². The van der Waals surface area contributed by atoms with Crippen molar-refractivity contribution in [1.29, 1.82) is 0 Å². The monoisotopic (exact) mass is 397 g/mol. The van der Waals surface area contributed by atoms with Gasteiger partial charge in [0.1, 0.15) is 29.5 Å². The second-order valence-electron chi connectivity index (χ2n) is 6.43. The maximum absolute atomic E-state index is 11.5. The van der Waals surface area contributed by atoms with Gasteiger partial charge in [-0.2, -0.15) is 0 Å². The largest absolute Gasteiger partial charge is 0.490 e. The summed E-state index contributed by atoms with van der Waals surface area (Å²) in [7, 11) is 0. The summed E-state index contributed by atoms with van der Waals surface area (Å²) in [6, 6.07) is 12.2. The molecular weight excluding hydrogens is 377 g/mol. The number of hydrogen-bond acceptors (Lipinski definition) is 4. The van der Waals surface area contributed by atoms with E-state index in [1.165, 1.54) is 0 Å². The van der Waals surface area contributed by atoms with Crippen LogP contribution in [0.4, 0.5) is 4.79 Å². The Morgan fingerprint density at radius 3 is 2.46 bits per heavy atom. The van der Waals surface area contributed by atoms with Crippen LogP contribution in [0.2, 0.25) is 10.0 Å². The molecule has 0 unspecified atom stereocenters. The predicted octanol–water partition coefficient (Wildman–Crippen LogP) is 5.69. The number of hydrogen-bond donors (Lipinski definition) is 1. The summed E-state index contributed by atoms with van der Waals surface area (Å²) in [5.74, 6) is 1.68. The Kier molecular flexibility index (Phi) is 7.00. The summed E-state index contributed by atoms with van der Waals surface area (Å²) in [4.78, 5) is 11.5. The van der Waals surface area contributed by atoms with Crippen molar-refractivity contribution in [2.75, 3.05) is 13.2 Å². The Balaban J connectivity index is 1.83. The number of benzene rings is 2. The average Bonchev–Trinajstić information content (AvgIpc) is 2.51. The second kappa shape index (κ2) is 9.01. The Hall–Kier alpha value is -2.11. The fourth-order valence-corrected chi connectivity index (χ4v) is 2.36. The molecule has 1 N–H and O–H groups in total. The van der Waals surface area contributed by atoms with Crippen LogP contribution in [0.15, 0.2) is 42.5 Å². The van der Waals surface area contributed by atoms with Crippen LogP contribution in [0.1, 0.15) is 20.8 Å². The first-order valence-corrected chi connectivity index (χ1v) is 8.81. The standard InChI is InChI=1S/C19H21Cl2NO4/c1-19(2,3)26-18(23)22-9-10-24-17-8-7-15(12-16(17)21)25-14-6-4-5-13(20)11-14/h4-8,11-12H,9-10H2,1-3H3,(H,22,23). The van der Waals surface area contributed by atoms with Gasteiger partial charge in [-0.15, -0.1) is 0 Å². The molecule has 140 valence electrons. The van der Waals surface area contributed by atoms with Gasteiger partial charge in [-0.05, 0) is 51.1 Å². The van der Waals surface area contributed by atoms with Crippen LogP contribution in [0.5, 0.6) is 17.2 Å². The zero-order valence-corrected chi connectivity index (χ0v) is 16.4. The molecule has 0 aromatic heterocycles. The lowest BCUT2D eigenvalue weighted by molar-refractivity contribution is 0.0520. The number of halogens is 2. The van der Waals surface area contributed by atoms with E-state index in [4.69, 9.17) is 37.4 Å². The highest BCUT2D eigenvalue weighted by atomic mass is 35.5. The summed E-state index contributed by atoms with van der Waals surface area (Å²) < 4.78 is 16.4. The van der Waals surface area contributed by atoms with Gasteiger partial charge in [0.05, 0.1) is 11.6 Å². The summed E-state index contributed by atoms with van der Waals surface area (Å²) in [5.41, 5.74) is -0.535. The third-order valence-corrected chi connectivity index (χ3v) is 3.49. The number of nitrogens with one attached hydrogen (secondary N) is 1. The van der Waals surface area contributed by atoms with Crippen LogP contribution < -0.4 is 14.8 Å². The molecule has 2 rings (SSSR count). The van der Waals surface area contributed by atoms with Crippen molar-refractivity contribution >= 4 is 29.3 Å². The van der Waals surface area contributed by atoms with Gasteiger partial charge in [0.25, 0.3) is 0 Å². The van der Waals surface area contributed by atoms with Crippen molar-refractivity contribution in [1.82, 2.24) is 5.32 Å². The molecule has 0 aliphatic carbocycles. The van der Waals surface area contributed by atoms with E-state index in [1.807, 2.05) is 0 Å². The van der Waals surface area contributed by atoms with Gasteiger partial charge in [-0.25, -0.2) is 4.79 Å². The minimum Gasteiger partial charge on any atom is -0.490 e. The van der Waals surface area contributed by atoms with Crippen molar-refractivity contribution in [2.45, 2.75) is 26.4 Å². The summed E-state index contributed by atoms with van der Waals surface area (Å²) in [5, 5.41) is 3.61. The number of carbonyl (C=O) groups excluding carboxylic acids is 1. The molecule has 0 saturated carbocycles. The Morgan fingerprint density at radius 1 is 1.08 bits per heavy atom. The number of carbonyl (C=O) groups is 1. The molecule has 0 radical (unpaired) electrons. The van der Waals surface area contributed by atoms with E-state index >= 15 is 0 Å². The highest BCUT2D eigenvalue weighted by Crippen LogP contribution is 2.31. The van der Waals surface area contributed by atoms with E-state index in [9.17, 15) is 4.79 Å². The molecule has 0 spiro atoms. The van der Waals surface area contributed by atoms with Crippen LogP contribution in [0.3, 0.4) is 0 Å². The van der Waals surface area contributed by atoms with Gasteiger partial charge in [0, 0.05) is 11.1 Å². The van der Waals surface area contributed by atoms with Crippen LogP contribution >= 0.6 is 23.2 Å². The van der Waals surface area contributed by atoms with E-state index in [0.29, 0.717) is 33.8 Å². The quantitative estimate of drug-likeness (QED) is 0.636. The molecule has 0 atom stereocenters. The Bertz CT molecular complexity index is 759. The van der Waals surface area contributed by atoms with Gasteiger partial charge in [0.2, 0.25) is 0 Å². The van der Waals surface area contributed by atoms with Gasteiger partial charge in [-0.3, -0.25) is 0 Å². The Morgan fingerprint density at radius 2 is 1.81 bits per heavy atom. The highest BCUT2D eigenvalue weighted by molar-refractivity contribution is 6.32. The van der Waals surface area contributed by atoms with Crippen molar-refractivity contribution in [3.63, 3.8) is 0 Å². The van der Waals surface area contributed by atoms with Crippen LogP contribution in [-0.4, -0.2) is 24.8 Å². The molecule has 2 aromatic rings. The molecule has 0 fully saturated rings. The van der Waals surface area contributed by atoms with Crippen molar-refractivity contribution in [3.05, 3.63) is 52.5 Å². The zero-order valence-electron chi connectivity index (χ0n) is 14.8. The normalized spacial score (nSPS) is 11.0. The molecule has 0 heterocycles. The van der Waals surface area contributed by atoms with E-state index < -0.39 is 11.7 Å². The first-order chi connectivity index (χ1) is 12.2. The van der Waals surface area contributed by atoms with Gasteiger partial charge in [-0.1, -0.05) is 29.3 Å². The number of alkyl carbamates (subject to hydrolysis) is 1. The van der Waals surface area contributed by atoms with Crippen LogP contribution in [0.25, 0.3) is 0 Å². The molecule has 0 saturated heterocycles. The zero-order chi connectivity index (χ0) is 19.2. The molecule has 0 bridgehead atoms. The van der Waals surface area contributed by atoms with Crippen LogP contribution in [-0.2, 0) is 4.74 Å². The van der Waals surface area contributed by atoms with E-state index in [0.717, 1.165) is 0 Å². The first-order valence-electron chi connectivity index (χ1n) is 8.05. The fourth-order valence-electron chi connectivity index (χ4n) is 1.96. The summed E-state index contributed by atoms with van der Waals surface area (Å²) >= 11 is 12.1. The summed E-state index contributed by atoms with van der Waals surface area (Å²) in [6.07, 6.45) is -0.488. The molecule has 0 aliphatic heterocycles. The third kappa shape index (κ3) is 7.02.